The Hall–Kier alpha value is -4.32. The molecule has 12 heteroatoms. The maximum Gasteiger partial charge on any atom is 0.269 e. The SMILES string of the molecule is CCC(C)C(NC(=O)/C=C/c1ccc([N+](=O)[O-])cc1)C(=O)Nc1nnc(-c2ccc3c(c2)OCO3)s1. The van der Waals surface area contributed by atoms with E-state index in [9.17, 15) is 19.7 Å². The monoisotopic (exact) mass is 509 g/mol. The number of anilines is 1. The van der Waals surface area contributed by atoms with Gasteiger partial charge >= 0.3 is 0 Å². The summed E-state index contributed by atoms with van der Waals surface area (Å²) in [4.78, 5) is 35.8. The predicted molar refractivity (Wildman–Crippen MR) is 134 cm³/mol. The van der Waals surface area contributed by atoms with Crippen LogP contribution in [0.4, 0.5) is 10.8 Å². The van der Waals surface area contributed by atoms with Crippen molar-refractivity contribution >= 4 is 40.0 Å². The number of aromatic nitrogens is 2. The number of carbonyl (C=O) groups is 2. The van der Waals surface area contributed by atoms with Gasteiger partial charge in [-0.1, -0.05) is 31.6 Å². The van der Waals surface area contributed by atoms with Crippen molar-refractivity contribution in [2.75, 3.05) is 12.1 Å². The van der Waals surface area contributed by atoms with Crippen LogP contribution in [0.3, 0.4) is 0 Å². The van der Waals surface area contributed by atoms with Crippen LogP contribution in [0.25, 0.3) is 16.6 Å². The molecule has 0 bridgehead atoms. The zero-order valence-corrected chi connectivity index (χ0v) is 20.3. The van der Waals surface area contributed by atoms with Crippen LogP contribution in [-0.4, -0.2) is 39.8 Å². The quantitative estimate of drug-likeness (QED) is 0.250. The van der Waals surface area contributed by atoms with Crippen LogP contribution in [0.2, 0.25) is 0 Å². The summed E-state index contributed by atoms with van der Waals surface area (Å²) >= 11 is 1.20. The Bertz CT molecular complexity index is 1310. The number of benzene rings is 2. The molecule has 36 heavy (non-hydrogen) atoms. The van der Waals surface area contributed by atoms with Gasteiger partial charge in [-0.3, -0.25) is 25.0 Å². The van der Waals surface area contributed by atoms with E-state index < -0.39 is 22.8 Å². The standard InChI is InChI=1S/C24H23N5O6S/c1-3-14(2)21(25-20(30)11-6-15-4-8-17(9-5-15)29(32)33)22(31)26-24-28-27-23(36-24)16-7-10-18-19(12-16)35-13-34-18/h4-12,14,21H,3,13H2,1-2H3,(H,25,30)(H,26,28,31)/b11-6+. The van der Waals surface area contributed by atoms with Gasteiger partial charge in [0.1, 0.15) is 11.0 Å². The van der Waals surface area contributed by atoms with E-state index in [1.807, 2.05) is 19.9 Å². The average molecular weight is 510 g/mol. The lowest BCUT2D eigenvalue weighted by atomic mass is 9.98. The summed E-state index contributed by atoms with van der Waals surface area (Å²) < 4.78 is 10.7. The minimum Gasteiger partial charge on any atom is -0.454 e. The maximum atomic E-state index is 13.0. The van der Waals surface area contributed by atoms with Crippen molar-refractivity contribution in [3.63, 3.8) is 0 Å². The van der Waals surface area contributed by atoms with E-state index in [0.717, 1.165) is 5.56 Å². The highest BCUT2D eigenvalue weighted by atomic mass is 32.1. The Morgan fingerprint density at radius 3 is 2.64 bits per heavy atom. The zero-order chi connectivity index (χ0) is 25.7. The molecule has 0 saturated carbocycles. The number of amides is 2. The molecule has 3 aromatic rings. The van der Waals surface area contributed by atoms with E-state index >= 15 is 0 Å². The minimum absolute atomic E-state index is 0.0385. The van der Waals surface area contributed by atoms with Crippen LogP contribution >= 0.6 is 11.3 Å². The van der Waals surface area contributed by atoms with E-state index in [0.29, 0.717) is 33.6 Å². The topological polar surface area (TPSA) is 146 Å². The first-order chi connectivity index (χ1) is 17.3. The largest absolute Gasteiger partial charge is 0.454 e. The van der Waals surface area contributed by atoms with Crippen molar-refractivity contribution in [2.45, 2.75) is 26.3 Å². The van der Waals surface area contributed by atoms with Crippen LogP contribution < -0.4 is 20.1 Å². The van der Waals surface area contributed by atoms with E-state index in [2.05, 4.69) is 20.8 Å². The first-order valence-electron chi connectivity index (χ1n) is 11.1. The van der Waals surface area contributed by atoms with Gasteiger partial charge in [-0.15, -0.1) is 10.2 Å². The van der Waals surface area contributed by atoms with Gasteiger partial charge < -0.3 is 14.8 Å². The Morgan fingerprint density at radius 2 is 1.92 bits per heavy atom. The number of nitro benzene ring substituents is 1. The lowest BCUT2D eigenvalue weighted by molar-refractivity contribution is -0.384. The van der Waals surface area contributed by atoms with E-state index in [1.165, 1.54) is 47.8 Å². The smallest absolute Gasteiger partial charge is 0.269 e. The van der Waals surface area contributed by atoms with Gasteiger partial charge in [0.25, 0.3) is 5.69 Å². The molecule has 2 heterocycles. The molecule has 0 spiro atoms. The van der Waals surface area contributed by atoms with Crippen molar-refractivity contribution in [1.29, 1.82) is 0 Å². The molecule has 186 valence electrons. The molecule has 0 radical (unpaired) electrons. The number of nitrogens with one attached hydrogen (secondary N) is 2. The fourth-order valence-electron chi connectivity index (χ4n) is 3.39. The molecule has 0 saturated heterocycles. The molecule has 1 aliphatic rings. The second-order valence-corrected chi connectivity index (χ2v) is 9.00. The highest BCUT2D eigenvalue weighted by molar-refractivity contribution is 7.18. The fraction of sp³-hybridized carbons (Fsp3) is 0.250. The zero-order valence-electron chi connectivity index (χ0n) is 19.5. The van der Waals surface area contributed by atoms with Crippen molar-refractivity contribution in [2.24, 2.45) is 5.92 Å². The van der Waals surface area contributed by atoms with Crippen LogP contribution in [0.1, 0.15) is 25.8 Å². The summed E-state index contributed by atoms with van der Waals surface area (Å²) in [7, 11) is 0. The van der Waals surface area contributed by atoms with Crippen LogP contribution in [0.15, 0.2) is 48.5 Å². The lowest BCUT2D eigenvalue weighted by Crippen LogP contribution is -2.47. The third-order valence-electron chi connectivity index (χ3n) is 5.60. The lowest BCUT2D eigenvalue weighted by Gasteiger charge is -2.22. The van der Waals surface area contributed by atoms with Gasteiger partial charge in [-0.2, -0.15) is 0 Å². The van der Waals surface area contributed by atoms with Crippen molar-refractivity contribution in [3.05, 3.63) is 64.2 Å². The molecule has 4 rings (SSSR count). The number of nitrogens with zero attached hydrogens (tertiary/aromatic N) is 3. The second-order valence-electron chi connectivity index (χ2n) is 8.02. The Labute approximate surface area is 210 Å². The van der Waals surface area contributed by atoms with Crippen LogP contribution in [0.5, 0.6) is 11.5 Å². The molecule has 1 aromatic heterocycles. The minimum atomic E-state index is -0.804. The Balaban J connectivity index is 1.40. The van der Waals surface area contributed by atoms with Gasteiger partial charge in [0.15, 0.2) is 11.5 Å². The predicted octanol–water partition coefficient (Wildman–Crippen LogP) is 4.02. The molecule has 11 nitrogen and oxygen atoms in total. The molecule has 2 atom stereocenters. The van der Waals surface area contributed by atoms with E-state index in [-0.39, 0.29) is 18.4 Å². The summed E-state index contributed by atoms with van der Waals surface area (Å²) in [5.74, 6) is 0.256. The van der Waals surface area contributed by atoms with Crippen molar-refractivity contribution < 1.29 is 24.0 Å². The number of ether oxygens (including phenoxy) is 2. The number of hydrogen-bond acceptors (Lipinski definition) is 9. The van der Waals surface area contributed by atoms with E-state index in [1.54, 1.807) is 12.1 Å². The number of hydrogen-bond donors (Lipinski definition) is 2. The number of nitro groups is 1. The molecule has 0 aliphatic carbocycles. The summed E-state index contributed by atoms with van der Waals surface area (Å²) in [6.45, 7) is 3.96. The number of carbonyl (C=O) groups excluding carboxylic acids is 2. The summed E-state index contributed by atoms with van der Waals surface area (Å²) in [5.41, 5.74) is 1.36. The van der Waals surface area contributed by atoms with Crippen molar-refractivity contribution in [3.8, 4) is 22.1 Å². The van der Waals surface area contributed by atoms with Crippen molar-refractivity contribution in [1.82, 2.24) is 15.5 Å². The van der Waals surface area contributed by atoms with Gasteiger partial charge in [0.2, 0.25) is 23.7 Å². The van der Waals surface area contributed by atoms with Gasteiger partial charge in [-0.05, 0) is 47.9 Å². The normalized spacial score (nSPS) is 13.8. The molecule has 2 aromatic carbocycles. The highest BCUT2D eigenvalue weighted by Gasteiger charge is 2.26. The molecular formula is C24H23N5O6S. The molecule has 0 fully saturated rings. The summed E-state index contributed by atoms with van der Waals surface area (Å²) in [5, 5.41) is 25.4. The first kappa shape index (κ1) is 24.8. The number of non-ortho nitro benzene ring substituents is 1. The highest BCUT2D eigenvalue weighted by Crippen LogP contribution is 2.37. The Morgan fingerprint density at radius 1 is 1.17 bits per heavy atom. The summed E-state index contributed by atoms with van der Waals surface area (Å²) in [6, 6.07) is 10.4. The summed E-state index contributed by atoms with van der Waals surface area (Å²) in [6.07, 6.45) is 3.46. The number of rotatable bonds is 9. The molecular weight excluding hydrogens is 486 g/mol. The molecule has 2 amide bonds. The van der Waals surface area contributed by atoms with Gasteiger partial charge in [0.05, 0.1) is 4.92 Å². The van der Waals surface area contributed by atoms with Gasteiger partial charge in [0, 0.05) is 23.8 Å². The molecule has 2 N–H and O–H groups in total. The molecule has 1 aliphatic heterocycles. The third kappa shape index (κ3) is 5.84. The van der Waals surface area contributed by atoms with Crippen LogP contribution in [-0.2, 0) is 9.59 Å². The molecule has 2 unspecified atom stereocenters. The second kappa shape index (κ2) is 11.0. The number of fused-ring (bicyclic) bond motifs is 1. The first-order valence-corrected chi connectivity index (χ1v) is 11.9. The Kier molecular flexibility index (Phi) is 7.54. The third-order valence-corrected chi connectivity index (χ3v) is 6.49. The van der Waals surface area contributed by atoms with Crippen LogP contribution in [0, 0.1) is 16.0 Å². The van der Waals surface area contributed by atoms with E-state index in [4.69, 9.17) is 9.47 Å². The fourth-order valence-corrected chi connectivity index (χ4v) is 4.13. The van der Waals surface area contributed by atoms with Gasteiger partial charge in [-0.25, -0.2) is 0 Å². The maximum absolute atomic E-state index is 13.0. The average Bonchev–Trinajstić information content (AvgIpc) is 3.54.